The zero-order valence-corrected chi connectivity index (χ0v) is 31.4. The Balaban J connectivity index is 1.48. The van der Waals surface area contributed by atoms with Gasteiger partial charge in [-0.05, 0) is 117 Å². The van der Waals surface area contributed by atoms with Gasteiger partial charge < -0.3 is 28.4 Å². The van der Waals surface area contributed by atoms with E-state index in [0.717, 1.165) is 67.1 Å². The van der Waals surface area contributed by atoms with Gasteiger partial charge in [0.15, 0.2) is 0 Å². The first-order valence-electron chi connectivity index (χ1n) is 17.4. The lowest BCUT2D eigenvalue weighted by molar-refractivity contribution is 0.221. The number of hydrogen-bond acceptors (Lipinski definition) is 6. The van der Waals surface area contributed by atoms with E-state index >= 15 is 0 Å². The van der Waals surface area contributed by atoms with E-state index in [4.69, 9.17) is 28.4 Å². The molecule has 266 valence electrons. The second-order valence-electron chi connectivity index (χ2n) is 12.3. The average molecular weight is 713 g/mol. The molecular weight excluding hydrogens is 667 g/mol. The summed E-state index contributed by atoms with van der Waals surface area (Å²) in [7, 11) is 3.96. The van der Waals surface area contributed by atoms with Crippen molar-refractivity contribution in [2.24, 2.45) is 0 Å². The van der Waals surface area contributed by atoms with Gasteiger partial charge in [0.2, 0.25) is 0 Å². The van der Waals surface area contributed by atoms with Crippen LogP contribution in [0.1, 0.15) is 55.8 Å². The SMILES string of the molecule is COc1ccc(P(c2ccc(OC)c([C@@H](C)Oc3ccccc3)c2)c2ccc(OC)c([C@@H](C)Oc3ccccc3)c2)cc1[C@@H](C)Oc1ccccc1. The summed E-state index contributed by atoms with van der Waals surface area (Å²) < 4.78 is 36.9. The molecule has 0 aliphatic heterocycles. The molecule has 6 rings (SSSR count). The van der Waals surface area contributed by atoms with Crippen molar-refractivity contribution in [3.63, 3.8) is 0 Å². The minimum absolute atomic E-state index is 0.273. The van der Waals surface area contributed by atoms with Gasteiger partial charge in [-0.2, -0.15) is 0 Å². The molecule has 0 bridgehead atoms. The van der Waals surface area contributed by atoms with Gasteiger partial charge in [-0.15, -0.1) is 0 Å². The predicted molar refractivity (Wildman–Crippen MR) is 211 cm³/mol. The monoisotopic (exact) mass is 712 g/mol. The van der Waals surface area contributed by atoms with Gasteiger partial charge in [-0.1, -0.05) is 72.8 Å². The normalized spacial score (nSPS) is 12.8. The summed E-state index contributed by atoms with van der Waals surface area (Å²) in [5, 5.41) is 3.40. The first-order valence-corrected chi connectivity index (χ1v) is 18.7. The molecule has 0 aliphatic rings. The highest BCUT2D eigenvalue weighted by molar-refractivity contribution is 7.79. The molecule has 0 spiro atoms. The fraction of sp³-hybridized carbons (Fsp3) is 0.200. The Morgan fingerprint density at radius 1 is 0.365 bits per heavy atom. The third-order valence-electron chi connectivity index (χ3n) is 8.90. The van der Waals surface area contributed by atoms with Crippen molar-refractivity contribution in [1.82, 2.24) is 0 Å². The van der Waals surface area contributed by atoms with Crippen LogP contribution < -0.4 is 44.3 Å². The maximum atomic E-state index is 6.43. The zero-order valence-electron chi connectivity index (χ0n) is 30.5. The van der Waals surface area contributed by atoms with Crippen LogP contribution in [0, 0.1) is 0 Å². The van der Waals surface area contributed by atoms with Gasteiger partial charge in [-0.3, -0.25) is 0 Å². The third kappa shape index (κ3) is 8.53. The van der Waals surface area contributed by atoms with Crippen LogP contribution in [-0.2, 0) is 0 Å². The maximum absolute atomic E-state index is 6.43. The van der Waals surface area contributed by atoms with Crippen LogP contribution in [0.15, 0.2) is 146 Å². The molecule has 6 aromatic carbocycles. The summed E-state index contributed by atoms with van der Waals surface area (Å²) >= 11 is 0. The van der Waals surface area contributed by atoms with Crippen molar-refractivity contribution in [2.45, 2.75) is 39.1 Å². The Hall–Kier alpha value is -5.45. The van der Waals surface area contributed by atoms with E-state index in [0.29, 0.717) is 0 Å². The molecule has 0 N–H and O–H groups in total. The smallest absolute Gasteiger partial charge is 0.125 e. The Morgan fingerprint density at radius 2 is 0.635 bits per heavy atom. The number of methoxy groups -OCH3 is 3. The van der Waals surface area contributed by atoms with E-state index < -0.39 is 7.92 Å². The van der Waals surface area contributed by atoms with Crippen LogP contribution in [0.25, 0.3) is 0 Å². The van der Waals surface area contributed by atoms with Crippen LogP contribution in [0.5, 0.6) is 34.5 Å². The maximum Gasteiger partial charge on any atom is 0.125 e. The Labute approximate surface area is 308 Å². The predicted octanol–water partition coefficient (Wildman–Crippen LogP) is 9.89. The molecule has 0 unspecified atom stereocenters. The third-order valence-corrected chi connectivity index (χ3v) is 11.3. The molecular formula is C45H45O6P. The molecule has 0 saturated heterocycles. The fourth-order valence-electron chi connectivity index (χ4n) is 6.28. The topological polar surface area (TPSA) is 55.4 Å². The van der Waals surface area contributed by atoms with E-state index in [2.05, 4.69) is 57.2 Å². The first-order chi connectivity index (χ1) is 25.4. The lowest BCUT2D eigenvalue weighted by atomic mass is 10.1. The van der Waals surface area contributed by atoms with E-state index in [1.807, 2.05) is 109 Å². The van der Waals surface area contributed by atoms with Gasteiger partial charge in [-0.25, -0.2) is 0 Å². The van der Waals surface area contributed by atoms with Gasteiger partial charge >= 0.3 is 0 Å². The van der Waals surface area contributed by atoms with Gasteiger partial charge in [0.25, 0.3) is 0 Å². The summed E-state index contributed by atoms with van der Waals surface area (Å²) in [5.74, 6) is 4.69. The molecule has 6 aromatic rings. The minimum atomic E-state index is -1.13. The van der Waals surface area contributed by atoms with Crippen molar-refractivity contribution < 1.29 is 28.4 Å². The van der Waals surface area contributed by atoms with E-state index in [1.165, 1.54) is 0 Å². The van der Waals surface area contributed by atoms with E-state index in [1.54, 1.807) is 21.3 Å². The number of hydrogen-bond donors (Lipinski definition) is 0. The molecule has 0 fully saturated rings. The number of para-hydroxylation sites is 3. The summed E-state index contributed by atoms with van der Waals surface area (Å²) in [6.45, 7) is 6.16. The van der Waals surface area contributed by atoms with Gasteiger partial charge in [0.05, 0.1) is 21.3 Å². The quantitative estimate of drug-likeness (QED) is 0.0989. The van der Waals surface area contributed by atoms with Crippen molar-refractivity contribution in [3.8, 4) is 34.5 Å². The van der Waals surface area contributed by atoms with E-state index in [9.17, 15) is 0 Å². The van der Waals surface area contributed by atoms with Crippen molar-refractivity contribution in [1.29, 1.82) is 0 Å². The van der Waals surface area contributed by atoms with Crippen LogP contribution >= 0.6 is 7.92 Å². The molecule has 52 heavy (non-hydrogen) atoms. The van der Waals surface area contributed by atoms with Crippen molar-refractivity contribution in [3.05, 3.63) is 162 Å². The molecule has 0 saturated carbocycles. The summed E-state index contributed by atoms with van der Waals surface area (Å²) in [6.07, 6.45) is -0.818. The largest absolute Gasteiger partial charge is 0.496 e. The number of rotatable bonds is 15. The highest BCUT2D eigenvalue weighted by atomic mass is 31.1. The Kier molecular flexibility index (Phi) is 12.0. The van der Waals surface area contributed by atoms with Crippen molar-refractivity contribution in [2.75, 3.05) is 21.3 Å². The fourth-order valence-corrected chi connectivity index (χ4v) is 8.65. The average Bonchev–Trinajstić information content (AvgIpc) is 3.19. The lowest BCUT2D eigenvalue weighted by Crippen LogP contribution is -2.24. The highest BCUT2D eigenvalue weighted by Gasteiger charge is 2.25. The highest BCUT2D eigenvalue weighted by Crippen LogP contribution is 2.41. The van der Waals surface area contributed by atoms with Gasteiger partial charge in [0, 0.05) is 16.7 Å². The molecule has 0 radical (unpaired) electrons. The standard InChI is InChI=1S/C45H45O6P/c1-31(49-34-16-10-7-11-17-34)40-28-37(22-25-43(40)46-4)52(38-23-26-44(47-5)41(29-38)32(2)50-35-18-12-8-13-19-35)39-24-27-45(48-6)42(30-39)33(3)51-36-20-14-9-15-21-36/h7-33H,1-6H3/t31-,32-,33-/m1/s1. The summed E-state index contributed by atoms with van der Waals surface area (Å²) in [4.78, 5) is 0. The van der Waals surface area contributed by atoms with Crippen LogP contribution in [-0.4, -0.2) is 21.3 Å². The molecule has 0 aliphatic carbocycles. The molecule has 6 nitrogen and oxygen atoms in total. The summed E-state index contributed by atoms with van der Waals surface area (Å²) in [6, 6.07) is 48.9. The molecule has 0 amide bonds. The summed E-state index contributed by atoms with van der Waals surface area (Å²) in [5.41, 5.74) is 2.88. The molecule has 0 heterocycles. The van der Waals surface area contributed by atoms with Crippen LogP contribution in [0.2, 0.25) is 0 Å². The second-order valence-corrected chi connectivity index (χ2v) is 14.6. The number of benzene rings is 6. The van der Waals surface area contributed by atoms with Crippen LogP contribution in [0.4, 0.5) is 0 Å². The minimum Gasteiger partial charge on any atom is -0.496 e. The molecule has 3 atom stereocenters. The Morgan fingerprint density at radius 3 is 0.885 bits per heavy atom. The number of ether oxygens (including phenoxy) is 6. The molecule has 7 heteroatoms. The Bertz CT molecular complexity index is 1800. The van der Waals surface area contributed by atoms with Crippen molar-refractivity contribution >= 4 is 23.8 Å². The first kappa shape index (κ1) is 36.3. The van der Waals surface area contributed by atoms with Gasteiger partial charge in [0.1, 0.15) is 52.8 Å². The molecule has 0 aromatic heterocycles. The van der Waals surface area contributed by atoms with E-state index in [-0.39, 0.29) is 18.3 Å². The second kappa shape index (κ2) is 17.2. The zero-order chi connectivity index (χ0) is 36.5. The van der Waals surface area contributed by atoms with Crippen LogP contribution in [0.3, 0.4) is 0 Å². The lowest BCUT2D eigenvalue weighted by Gasteiger charge is -2.26.